The second-order valence-electron chi connectivity index (χ2n) is 11.2. The first-order valence-electron chi connectivity index (χ1n) is 13.9. The number of esters is 1. The quantitative estimate of drug-likeness (QED) is 0.222. The van der Waals surface area contributed by atoms with Gasteiger partial charge in [-0.3, -0.25) is 4.90 Å². The van der Waals surface area contributed by atoms with Crippen molar-refractivity contribution in [1.82, 2.24) is 24.7 Å². The van der Waals surface area contributed by atoms with Crippen LogP contribution in [0.15, 0.2) is 77.0 Å². The van der Waals surface area contributed by atoms with Crippen molar-refractivity contribution < 1.29 is 39.6 Å². The van der Waals surface area contributed by atoms with Gasteiger partial charge in [0.1, 0.15) is 12.6 Å². The fourth-order valence-corrected chi connectivity index (χ4v) is 5.53. The molecule has 15 heteroatoms. The lowest BCUT2D eigenvalue weighted by Gasteiger charge is -2.36. The van der Waals surface area contributed by atoms with Gasteiger partial charge in [0.15, 0.2) is 5.82 Å². The van der Waals surface area contributed by atoms with Crippen molar-refractivity contribution in [2.24, 2.45) is 0 Å². The Morgan fingerprint density at radius 2 is 1.85 bits per heavy atom. The number of carbonyl (C=O) groups is 1. The third kappa shape index (κ3) is 6.65. The number of carbonyl (C=O) groups excluding carboxylic acids is 1. The number of hydrogen-bond donors (Lipinski definition) is 1. The van der Waals surface area contributed by atoms with Crippen LogP contribution in [-0.4, -0.2) is 62.9 Å². The van der Waals surface area contributed by atoms with Crippen LogP contribution in [0.3, 0.4) is 0 Å². The number of allylic oxidation sites excluding steroid dienone is 1. The number of nitriles is 1. The highest BCUT2D eigenvalue weighted by atomic mass is 35.5. The first-order valence-corrected chi connectivity index (χ1v) is 13.9. The van der Waals surface area contributed by atoms with Gasteiger partial charge in [-0.15, -0.1) is 5.10 Å². The highest BCUT2D eigenvalue weighted by molar-refractivity contribution is 5.93. The molecule has 1 aliphatic heterocycles. The van der Waals surface area contributed by atoms with E-state index in [9.17, 15) is 28.0 Å². The van der Waals surface area contributed by atoms with Gasteiger partial charge in [-0.1, -0.05) is 12.1 Å². The summed E-state index contributed by atoms with van der Waals surface area (Å²) in [5, 5.41) is 16.3. The van der Waals surface area contributed by atoms with E-state index in [2.05, 4.69) is 26.2 Å². The number of H-pyrrole nitrogens is 1. The van der Waals surface area contributed by atoms with Crippen molar-refractivity contribution in [1.29, 1.82) is 5.26 Å². The maximum Gasteiger partial charge on any atom is 0.416 e. The van der Waals surface area contributed by atoms with Crippen LogP contribution in [-0.2, 0) is 28.7 Å². The molecule has 0 spiro atoms. The molecule has 46 heavy (non-hydrogen) atoms. The molecule has 4 aromatic rings. The third-order valence-electron chi connectivity index (χ3n) is 7.72. The van der Waals surface area contributed by atoms with Gasteiger partial charge >= 0.3 is 17.8 Å². The molecular weight excluding hydrogens is 625 g/mol. The minimum Gasteiger partial charge on any atom is -1.00 e. The summed E-state index contributed by atoms with van der Waals surface area (Å²) in [4.78, 5) is 36.8. The molecule has 0 radical (unpaired) electrons. The zero-order valence-corrected chi connectivity index (χ0v) is 26.1. The molecule has 0 fully saturated rings. The van der Waals surface area contributed by atoms with E-state index >= 15 is 0 Å². The molecule has 1 atom stereocenters. The number of benzene rings is 2. The summed E-state index contributed by atoms with van der Waals surface area (Å²) < 4.78 is 47.8. The maximum atomic E-state index is 13.6. The monoisotopic (exact) mass is 654 g/mol. The third-order valence-corrected chi connectivity index (χ3v) is 7.72. The minimum atomic E-state index is -4.63. The van der Waals surface area contributed by atoms with Crippen molar-refractivity contribution in [2.45, 2.75) is 32.1 Å². The number of nitrogens with one attached hydrogen (secondary N) is 1. The van der Waals surface area contributed by atoms with Gasteiger partial charge in [0, 0.05) is 30.2 Å². The Hall–Kier alpha value is -5.00. The normalized spacial score (nSPS) is 14.7. The Bertz CT molecular complexity index is 1880. The van der Waals surface area contributed by atoms with E-state index < -0.39 is 29.4 Å². The molecule has 0 amide bonds. The van der Waals surface area contributed by atoms with E-state index in [1.54, 1.807) is 43.6 Å². The number of hydrogen-bond acceptors (Lipinski definition) is 8. The number of fused-ring (bicyclic) bond motifs is 1. The van der Waals surface area contributed by atoms with Gasteiger partial charge < -0.3 is 21.6 Å². The van der Waals surface area contributed by atoms with Gasteiger partial charge in [0.05, 0.1) is 50.5 Å². The number of aromatic nitrogens is 5. The highest BCUT2D eigenvalue weighted by Gasteiger charge is 2.41. The van der Waals surface area contributed by atoms with Crippen LogP contribution in [0.25, 0.3) is 0 Å². The summed E-state index contributed by atoms with van der Waals surface area (Å²) in [6.07, 6.45) is -0.843. The van der Waals surface area contributed by atoms with Crippen molar-refractivity contribution >= 4 is 17.6 Å². The van der Waals surface area contributed by atoms with Crippen molar-refractivity contribution in [3.8, 4) is 6.07 Å². The van der Waals surface area contributed by atoms with Crippen molar-refractivity contribution in [2.75, 3.05) is 32.6 Å². The lowest BCUT2D eigenvalue weighted by Crippen LogP contribution is -3.00. The number of likely N-dealkylation sites (N-methyl/N-ethyl adjacent to an activating group) is 1. The van der Waals surface area contributed by atoms with Crippen LogP contribution in [0.1, 0.15) is 41.0 Å². The minimum absolute atomic E-state index is 0. The molecule has 3 heterocycles. The Labute approximate surface area is 268 Å². The average molecular weight is 655 g/mol. The number of aromatic amines is 1. The van der Waals surface area contributed by atoms with Gasteiger partial charge in [-0.05, 0) is 54.4 Å². The average Bonchev–Trinajstić information content (AvgIpc) is 3.39. The fourth-order valence-electron chi connectivity index (χ4n) is 5.53. The van der Waals surface area contributed by atoms with E-state index in [4.69, 9.17) is 4.74 Å². The van der Waals surface area contributed by atoms with E-state index in [1.165, 1.54) is 28.7 Å². The molecule has 0 bridgehead atoms. The lowest BCUT2D eigenvalue weighted by atomic mass is 9.89. The number of nitrogens with zero attached hydrogens (tertiary/aromatic N) is 7. The summed E-state index contributed by atoms with van der Waals surface area (Å²) >= 11 is 0. The Balaban J connectivity index is 0.00000480. The molecule has 0 unspecified atom stereocenters. The number of rotatable bonds is 8. The Morgan fingerprint density at radius 1 is 1.13 bits per heavy atom. The van der Waals surface area contributed by atoms with E-state index in [-0.39, 0.29) is 35.3 Å². The van der Waals surface area contributed by atoms with E-state index in [0.717, 1.165) is 12.1 Å². The van der Waals surface area contributed by atoms with Gasteiger partial charge in [0.25, 0.3) is 0 Å². The molecule has 0 saturated heterocycles. The summed E-state index contributed by atoms with van der Waals surface area (Å²) in [6.45, 7) is 2.67. The summed E-state index contributed by atoms with van der Waals surface area (Å²) in [5.74, 6) is -0.125. The Kier molecular flexibility index (Phi) is 9.69. The molecule has 240 valence electrons. The lowest BCUT2D eigenvalue weighted by molar-refractivity contribution is -0.904. The molecule has 0 saturated carbocycles. The van der Waals surface area contributed by atoms with Crippen LogP contribution >= 0.6 is 0 Å². The second-order valence-corrected chi connectivity index (χ2v) is 11.2. The summed E-state index contributed by atoms with van der Waals surface area (Å²) in [5.41, 5.74) is 0.326. The van der Waals surface area contributed by atoms with E-state index in [0.29, 0.717) is 46.5 Å². The highest BCUT2D eigenvalue weighted by Crippen LogP contribution is 2.43. The molecule has 2 aromatic carbocycles. The first kappa shape index (κ1) is 33.9. The number of anilines is 2. The molecule has 0 aliphatic carbocycles. The van der Waals surface area contributed by atoms with Crippen LogP contribution in [0.5, 0.6) is 0 Å². The van der Waals surface area contributed by atoms with Crippen LogP contribution < -0.4 is 23.0 Å². The van der Waals surface area contributed by atoms with Crippen molar-refractivity contribution in [3.63, 3.8) is 0 Å². The first-order chi connectivity index (χ1) is 21.3. The number of ether oxygens (including phenoxy) is 1. The Morgan fingerprint density at radius 3 is 2.50 bits per heavy atom. The number of halogens is 4. The van der Waals surface area contributed by atoms with Crippen LogP contribution in [0.4, 0.5) is 24.8 Å². The number of alkyl halides is 3. The summed E-state index contributed by atoms with van der Waals surface area (Å²) in [7, 11) is 5.22. The van der Waals surface area contributed by atoms with Gasteiger partial charge in [-0.25, -0.2) is 29.2 Å². The fraction of sp³-hybridized carbons (Fsp3) is 0.290. The molecular formula is C31H30ClF3N8O3. The predicted octanol–water partition coefficient (Wildman–Crippen LogP) is 1.26. The van der Waals surface area contributed by atoms with Crippen LogP contribution in [0, 0.1) is 11.3 Å². The van der Waals surface area contributed by atoms with Gasteiger partial charge in [-0.2, -0.15) is 18.4 Å². The number of quaternary nitrogens is 1. The topological polar surface area (TPSA) is 130 Å². The van der Waals surface area contributed by atoms with Crippen LogP contribution in [0.2, 0.25) is 0 Å². The zero-order chi connectivity index (χ0) is 32.5. The van der Waals surface area contributed by atoms with E-state index in [1.807, 2.05) is 14.1 Å². The van der Waals surface area contributed by atoms with Crippen molar-refractivity contribution in [3.05, 3.63) is 111 Å². The molecule has 11 nitrogen and oxygen atoms in total. The molecule has 1 N–H and O–H groups in total. The smallest absolute Gasteiger partial charge is 0.416 e. The van der Waals surface area contributed by atoms with Gasteiger partial charge in [0.2, 0.25) is 5.95 Å². The predicted molar refractivity (Wildman–Crippen MR) is 157 cm³/mol. The molecule has 2 aromatic heterocycles. The zero-order valence-electron chi connectivity index (χ0n) is 25.3. The molecule has 5 rings (SSSR count). The SMILES string of the molecule is COC(=O)C1=C(C)N(c2cccc(C(F)(F)F)c2)c2n[nH]c(=O)n2[C@@H]1c1ccc(C#N)cc1CC[N+](C)(C)Cc1ncccn1.[Cl-]. The number of methoxy groups -OCH3 is 1. The maximum absolute atomic E-state index is 13.6. The summed E-state index contributed by atoms with van der Waals surface area (Å²) in [6, 6.07) is 12.3. The largest absolute Gasteiger partial charge is 1.00 e. The standard InChI is InChI=1S/C31H29F3N8O3.ClH/c1-19-26(28(43)45-4)27(41-29(38-39-30(41)44)40(19)23-8-5-7-22(16-23)31(32,33)34)24-10-9-20(17-35)15-21(24)11-14-42(2,3)18-25-36-12-6-13-37-25;/h5-10,12-13,15-16,27H,11,14,18H2,1-4H3;1H/t27-;/m1./s1. The second kappa shape index (κ2) is 13.2. The molecule has 1 aliphatic rings.